The fourth-order valence-electron chi connectivity index (χ4n) is 2.76. The summed E-state index contributed by atoms with van der Waals surface area (Å²) < 4.78 is 15.8. The summed E-state index contributed by atoms with van der Waals surface area (Å²) in [5.41, 5.74) is 0. The van der Waals surface area contributed by atoms with Gasteiger partial charge in [-0.15, -0.1) is 0 Å². The first kappa shape index (κ1) is 23.1. The van der Waals surface area contributed by atoms with Gasteiger partial charge in [0.2, 0.25) is 0 Å². The Morgan fingerprint density at radius 1 is 0.792 bits per heavy atom. The molecule has 0 saturated carbocycles. The van der Waals surface area contributed by atoms with E-state index in [4.69, 9.17) is 19.3 Å². The van der Waals surface area contributed by atoms with Crippen molar-refractivity contribution in [2.45, 2.75) is 76.6 Å². The van der Waals surface area contributed by atoms with Gasteiger partial charge in [0.05, 0.1) is 0 Å². The second kappa shape index (κ2) is 14.5. The van der Waals surface area contributed by atoms with Crippen molar-refractivity contribution in [3.63, 3.8) is 0 Å². The highest BCUT2D eigenvalue weighted by Gasteiger charge is 2.28. The molecule has 0 heterocycles. The van der Waals surface area contributed by atoms with Crippen molar-refractivity contribution in [2.75, 3.05) is 34.9 Å². The number of ether oxygens (including phenoxy) is 3. The molecule has 0 aliphatic heterocycles. The molecule has 0 saturated heterocycles. The van der Waals surface area contributed by atoms with Crippen LogP contribution in [0.1, 0.15) is 70.6 Å². The summed E-state index contributed by atoms with van der Waals surface area (Å²) >= 11 is 0. The Hall–Kier alpha value is -0.850. The summed E-state index contributed by atoms with van der Waals surface area (Å²) in [6.07, 6.45) is 11.7. The predicted molar refractivity (Wildman–Crippen MR) is 95.2 cm³/mol. The standard InChI is InChI=1S/C18H37NO5/c1-19(17(20)21)16-14-12-10-8-6-5-7-9-11-13-15-18(22-2,23-3)24-4/h5-16H2,1-4H3,(H,20,21). The normalized spacial score (nSPS) is 11.7. The Kier molecular flexibility index (Phi) is 14.0. The smallest absolute Gasteiger partial charge is 0.407 e. The zero-order chi connectivity index (χ0) is 18.3. The SMILES string of the molecule is COC(CCCCCCCCCCCCN(C)C(=O)O)(OC)OC. The molecule has 0 aliphatic carbocycles. The van der Waals surface area contributed by atoms with E-state index in [-0.39, 0.29) is 0 Å². The highest BCUT2D eigenvalue weighted by Crippen LogP contribution is 2.21. The first-order chi connectivity index (χ1) is 11.5. The van der Waals surface area contributed by atoms with Gasteiger partial charge < -0.3 is 24.2 Å². The molecule has 1 amide bonds. The fourth-order valence-corrected chi connectivity index (χ4v) is 2.76. The lowest BCUT2D eigenvalue weighted by atomic mass is 10.1. The maximum atomic E-state index is 10.6. The summed E-state index contributed by atoms with van der Waals surface area (Å²) in [7, 11) is 6.43. The average Bonchev–Trinajstić information content (AvgIpc) is 2.59. The number of nitrogens with zero attached hydrogens (tertiary/aromatic N) is 1. The Morgan fingerprint density at radius 2 is 1.17 bits per heavy atom. The number of rotatable bonds is 16. The number of amides is 1. The minimum atomic E-state index is -0.880. The molecule has 0 radical (unpaired) electrons. The van der Waals surface area contributed by atoms with Crippen LogP contribution in [0.3, 0.4) is 0 Å². The quantitative estimate of drug-likeness (QED) is 0.329. The van der Waals surface area contributed by atoms with E-state index in [1.807, 2.05) is 0 Å². The lowest BCUT2D eigenvalue weighted by Crippen LogP contribution is -2.35. The summed E-state index contributed by atoms with van der Waals surface area (Å²) in [5.74, 6) is -0.880. The van der Waals surface area contributed by atoms with Crippen LogP contribution in [0.25, 0.3) is 0 Å². The summed E-state index contributed by atoms with van der Waals surface area (Å²) in [5, 5.41) is 8.74. The molecule has 6 heteroatoms. The van der Waals surface area contributed by atoms with E-state index in [9.17, 15) is 4.79 Å². The second-order valence-corrected chi connectivity index (χ2v) is 6.29. The number of hydrogen-bond acceptors (Lipinski definition) is 4. The number of carboxylic acid groups (broad SMARTS) is 1. The third-order valence-corrected chi connectivity index (χ3v) is 4.49. The van der Waals surface area contributed by atoms with Gasteiger partial charge in [-0.2, -0.15) is 0 Å². The van der Waals surface area contributed by atoms with Crippen molar-refractivity contribution >= 4 is 6.09 Å². The minimum Gasteiger partial charge on any atom is -0.465 e. The maximum Gasteiger partial charge on any atom is 0.407 e. The molecular formula is C18H37NO5. The van der Waals surface area contributed by atoms with Crippen molar-refractivity contribution in [2.24, 2.45) is 0 Å². The number of hydrogen-bond donors (Lipinski definition) is 1. The molecule has 0 aromatic heterocycles. The molecule has 0 atom stereocenters. The van der Waals surface area contributed by atoms with Gasteiger partial charge in [-0.25, -0.2) is 4.79 Å². The largest absolute Gasteiger partial charge is 0.465 e. The van der Waals surface area contributed by atoms with Crippen LogP contribution in [0.4, 0.5) is 4.79 Å². The molecule has 0 rings (SSSR count). The van der Waals surface area contributed by atoms with Gasteiger partial charge in [-0.05, 0) is 12.8 Å². The van der Waals surface area contributed by atoms with Crippen LogP contribution in [0.2, 0.25) is 0 Å². The van der Waals surface area contributed by atoms with Crippen LogP contribution >= 0.6 is 0 Å². The van der Waals surface area contributed by atoms with E-state index in [2.05, 4.69) is 0 Å². The van der Waals surface area contributed by atoms with E-state index in [1.54, 1.807) is 28.4 Å². The Bertz CT molecular complexity index is 300. The van der Waals surface area contributed by atoms with Gasteiger partial charge in [-0.1, -0.05) is 51.4 Å². The van der Waals surface area contributed by atoms with Crippen LogP contribution in [0, 0.1) is 0 Å². The predicted octanol–water partition coefficient (Wildman–Crippen LogP) is 4.48. The molecule has 0 fully saturated rings. The minimum absolute atomic E-state index is 0.640. The van der Waals surface area contributed by atoms with Gasteiger partial charge in [0, 0.05) is 41.3 Å². The Labute approximate surface area is 147 Å². The highest BCUT2D eigenvalue weighted by molar-refractivity contribution is 5.64. The average molecular weight is 347 g/mol. The van der Waals surface area contributed by atoms with E-state index in [0.717, 1.165) is 25.7 Å². The number of carbonyl (C=O) groups is 1. The van der Waals surface area contributed by atoms with E-state index < -0.39 is 12.1 Å². The lowest BCUT2D eigenvalue weighted by molar-refractivity contribution is -0.355. The molecule has 0 aromatic rings. The van der Waals surface area contributed by atoms with Gasteiger partial charge in [-0.3, -0.25) is 0 Å². The molecule has 0 aromatic carbocycles. The lowest BCUT2D eigenvalue weighted by Gasteiger charge is -2.28. The molecule has 0 aliphatic rings. The van der Waals surface area contributed by atoms with E-state index in [0.29, 0.717) is 6.54 Å². The second-order valence-electron chi connectivity index (χ2n) is 6.29. The van der Waals surface area contributed by atoms with Crippen molar-refractivity contribution in [1.29, 1.82) is 0 Å². The molecule has 6 nitrogen and oxygen atoms in total. The molecule has 0 bridgehead atoms. The first-order valence-corrected chi connectivity index (χ1v) is 9.11. The first-order valence-electron chi connectivity index (χ1n) is 9.11. The third kappa shape index (κ3) is 10.8. The van der Waals surface area contributed by atoms with Gasteiger partial charge in [0.1, 0.15) is 0 Å². The van der Waals surface area contributed by atoms with Crippen molar-refractivity contribution < 1.29 is 24.1 Å². The van der Waals surface area contributed by atoms with Crippen molar-refractivity contribution in [1.82, 2.24) is 4.90 Å². The zero-order valence-corrected chi connectivity index (χ0v) is 16.0. The van der Waals surface area contributed by atoms with Gasteiger partial charge in [0.25, 0.3) is 5.97 Å². The van der Waals surface area contributed by atoms with Crippen LogP contribution in [0.15, 0.2) is 0 Å². The zero-order valence-electron chi connectivity index (χ0n) is 16.0. The monoisotopic (exact) mass is 347 g/mol. The summed E-state index contributed by atoms with van der Waals surface area (Å²) in [4.78, 5) is 12.0. The van der Waals surface area contributed by atoms with Crippen molar-refractivity contribution in [3.8, 4) is 0 Å². The fraction of sp³-hybridized carbons (Fsp3) is 0.944. The van der Waals surface area contributed by atoms with Gasteiger partial charge >= 0.3 is 6.09 Å². The maximum absolute atomic E-state index is 10.6. The van der Waals surface area contributed by atoms with Crippen LogP contribution in [-0.2, 0) is 14.2 Å². The third-order valence-electron chi connectivity index (χ3n) is 4.49. The topological polar surface area (TPSA) is 68.2 Å². The molecular weight excluding hydrogens is 310 g/mol. The van der Waals surface area contributed by atoms with Gasteiger partial charge in [0.15, 0.2) is 0 Å². The van der Waals surface area contributed by atoms with Crippen LogP contribution < -0.4 is 0 Å². The summed E-state index contributed by atoms with van der Waals surface area (Å²) in [6.45, 7) is 0.640. The molecule has 144 valence electrons. The van der Waals surface area contributed by atoms with E-state index in [1.165, 1.54) is 49.8 Å². The Balaban J connectivity index is 3.36. The molecule has 0 unspecified atom stereocenters. The van der Waals surface area contributed by atoms with Crippen LogP contribution in [0.5, 0.6) is 0 Å². The van der Waals surface area contributed by atoms with E-state index >= 15 is 0 Å². The molecule has 1 N–H and O–H groups in total. The molecule has 0 spiro atoms. The van der Waals surface area contributed by atoms with Crippen molar-refractivity contribution in [3.05, 3.63) is 0 Å². The Morgan fingerprint density at radius 3 is 1.54 bits per heavy atom. The highest BCUT2D eigenvalue weighted by atomic mass is 16.9. The van der Waals surface area contributed by atoms with Crippen LogP contribution in [-0.4, -0.2) is 57.0 Å². The summed E-state index contributed by atoms with van der Waals surface area (Å²) in [6, 6.07) is 0. The number of methoxy groups -OCH3 is 3. The molecule has 24 heavy (non-hydrogen) atoms. The number of unbranched alkanes of at least 4 members (excludes halogenated alkanes) is 9.